The van der Waals surface area contributed by atoms with Gasteiger partial charge in [-0.3, -0.25) is 15.1 Å². The summed E-state index contributed by atoms with van der Waals surface area (Å²) in [7, 11) is 2.92. The zero-order chi connectivity index (χ0) is 20.6. The number of hydrogen-bond donors (Lipinski definition) is 0. The lowest BCUT2D eigenvalue weighted by molar-refractivity contribution is -0.385. The van der Waals surface area contributed by atoms with E-state index in [2.05, 4.69) is 5.10 Å². The van der Waals surface area contributed by atoms with Crippen molar-refractivity contribution in [3.63, 3.8) is 0 Å². The molecule has 0 atom stereocenters. The SMILES string of the molecule is COc1cc(/C=N\N(Cc2ccccc2)c2ccccc2)c([N+](=O)[O-])cc1OC. The van der Waals surface area contributed by atoms with Crippen molar-refractivity contribution in [2.75, 3.05) is 19.2 Å². The Labute approximate surface area is 169 Å². The molecule has 0 amide bonds. The van der Waals surface area contributed by atoms with Crippen LogP contribution in [-0.2, 0) is 6.54 Å². The van der Waals surface area contributed by atoms with Gasteiger partial charge in [-0.25, -0.2) is 0 Å². The Hall–Kier alpha value is -3.87. The average molecular weight is 391 g/mol. The summed E-state index contributed by atoms with van der Waals surface area (Å²) >= 11 is 0. The highest BCUT2D eigenvalue weighted by atomic mass is 16.6. The minimum absolute atomic E-state index is 0.112. The largest absolute Gasteiger partial charge is 0.493 e. The smallest absolute Gasteiger partial charge is 0.282 e. The number of ether oxygens (including phenoxy) is 2. The van der Waals surface area contributed by atoms with Crippen molar-refractivity contribution in [3.05, 3.63) is 94.0 Å². The second-order valence-corrected chi connectivity index (χ2v) is 6.15. The maximum absolute atomic E-state index is 11.5. The second-order valence-electron chi connectivity index (χ2n) is 6.15. The van der Waals surface area contributed by atoms with Gasteiger partial charge in [-0.2, -0.15) is 5.10 Å². The van der Waals surface area contributed by atoms with Gasteiger partial charge in [-0.05, 0) is 23.8 Å². The molecule has 3 aromatic carbocycles. The lowest BCUT2D eigenvalue weighted by atomic mass is 10.1. The van der Waals surface area contributed by atoms with E-state index in [0.29, 0.717) is 23.6 Å². The Bertz CT molecular complexity index is 992. The molecule has 0 aromatic heterocycles. The Morgan fingerprint density at radius 3 is 2.14 bits per heavy atom. The Kier molecular flexibility index (Phi) is 6.42. The van der Waals surface area contributed by atoms with Gasteiger partial charge < -0.3 is 9.47 Å². The quantitative estimate of drug-likeness (QED) is 0.317. The number of anilines is 1. The first-order valence-electron chi connectivity index (χ1n) is 8.93. The minimum Gasteiger partial charge on any atom is -0.493 e. The number of nitrogens with zero attached hydrogens (tertiary/aromatic N) is 3. The molecule has 3 aromatic rings. The molecule has 0 radical (unpaired) electrons. The average Bonchev–Trinajstić information content (AvgIpc) is 2.77. The summed E-state index contributed by atoms with van der Waals surface area (Å²) in [6, 6.07) is 22.4. The lowest BCUT2D eigenvalue weighted by Gasteiger charge is -2.19. The van der Waals surface area contributed by atoms with E-state index in [1.54, 1.807) is 11.1 Å². The van der Waals surface area contributed by atoms with Crippen LogP contribution < -0.4 is 14.5 Å². The summed E-state index contributed by atoms with van der Waals surface area (Å²) in [6.07, 6.45) is 1.47. The van der Waals surface area contributed by atoms with E-state index < -0.39 is 4.92 Å². The third-order valence-corrected chi connectivity index (χ3v) is 4.30. The van der Waals surface area contributed by atoms with Crippen LogP contribution in [-0.4, -0.2) is 25.4 Å². The summed E-state index contributed by atoms with van der Waals surface area (Å²) < 4.78 is 10.4. The predicted octanol–water partition coefficient (Wildman–Crippen LogP) is 4.65. The molecule has 3 rings (SSSR count). The van der Waals surface area contributed by atoms with Crippen LogP contribution in [0.1, 0.15) is 11.1 Å². The van der Waals surface area contributed by atoms with Crippen LogP contribution >= 0.6 is 0 Å². The summed E-state index contributed by atoms with van der Waals surface area (Å²) in [4.78, 5) is 11.1. The summed E-state index contributed by atoms with van der Waals surface area (Å²) in [5, 5.41) is 17.9. The molecule has 7 nitrogen and oxygen atoms in total. The molecular weight excluding hydrogens is 370 g/mol. The zero-order valence-corrected chi connectivity index (χ0v) is 16.2. The summed E-state index contributed by atoms with van der Waals surface area (Å²) in [5.41, 5.74) is 2.15. The summed E-state index contributed by atoms with van der Waals surface area (Å²) in [5.74, 6) is 0.689. The van der Waals surface area contributed by atoms with Crippen molar-refractivity contribution in [2.45, 2.75) is 6.54 Å². The number of para-hydroxylation sites is 1. The molecule has 0 saturated heterocycles. The molecule has 29 heavy (non-hydrogen) atoms. The van der Waals surface area contributed by atoms with E-state index in [0.717, 1.165) is 11.3 Å². The number of hydrazone groups is 1. The van der Waals surface area contributed by atoms with Gasteiger partial charge in [0.1, 0.15) is 0 Å². The lowest BCUT2D eigenvalue weighted by Crippen LogP contribution is -2.16. The fraction of sp³-hybridized carbons (Fsp3) is 0.136. The molecule has 0 aliphatic heterocycles. The standard InChI is InChI=1S/C22H21N3O4/c1-28-21-13-18(20(25(26)27)14-22(21)29-2)15-23-24(19-11-7-4-8-12-19)16-17-9-5-3-6-10-17/h3-15H,16H2,1-2H3/b23-15-. The number of nitro benzene ring substituents is 1. The van der Waals surface area contributed by atoms with Crippen molar-refractivity contribution >= 4 is 17.6 Å². The van der Waals surface area contributed by atoms with Gasteiger partial charge in [0.15, 0.2) is 11.5 Å². The van der Waals surface area contributed by atoms with Crippen LogP contribution in [0.15, 0.2) is 77.9 Å². The van der Waals surface area contributed by atoms with Crippen molar-refractivity contribution in [1.29, 1.82) is 0 Å². The van der Waals surface area contributed by atoms with E-state index in [-0.39, 0.29) is 5.69 Å². The van der Waals surface area contributed by atoms with E-state index in [9.17, 15) is 10.1 Å². The van der Waals surface area contributed by atoms with Crippen LogP contribution in [0.5, 0.6) is 11.5 Å². The molecule has 7 heteroatoms. The molecule has 148 valence electrons. The first kappa shape index (κ1) is 19.9. The maximum atomic E-state index is 11.5. The van der Waals surface area contributed by atoms with Gasteiger partial charge in [0.05, 0.1) is 49.2 Å². The fourth-order valence-electron chi connectivity index (χ4n) is 2.83. The number of nitro groups is 1. The molecule has 0 spiro atoms. The minimum atomic E-state index is -0.465. The van der Waals surface area contributed by atoms with Crippen molar-refractivity contribution < 1.29 is 14.4 Å². The van der Waals surface area contributed by atoms with Gasteiger partial charge in [-0.15, -0.1) is 0 Å². The number of rotatable bonds is 8. The van der Waals surface area contributed by atoms with Crippen molar-refractivity contribution in [2.24, 2.45) is 5.10 Å². The van der Waals surface area contributed by atoms with Gasteiger partial charge in [0.25, 0.3) is 5.69 Å². The molecular formula is C22H21N3O4. The van der Waals surface area contributed by atoms with Crippen LogP contribution in [0.4, 0.5) is 11.4 Å². The van der Waals surface area contributed by atoms with Crippen LogP contribution in [0.25, 0.3) is 0 Å². The Morgan fingerprint density at radius 2 is 1.55 bits per heavy atom. The van der Waals surface area contributed by atoms with Crippen molar-refractivity contribution in [3.8, 4) is 11.5 Å². The first-order valence-corrected chi connectivity index (χ1v) is 8.93. The van der Waals surface area contributed by atoms with Crippen LogP contribution in [0.2, 0.25) is 0 Å². The second kappa shape index (κ2) is 9.36. The topological polar surface area (TPSA) is 77.2 Å². The monoisotopic (exact) mass is 391 g/mol. The number of methoxy groups -OCH3 is 2. The third-order valence-electron chi connectivity index (χ3n) is 4.30. The van der Waals surface area contributed by atoms with E-state index in [4.69, 9.17) is 9.47 Å². The van der Waals surface area contributed by atoms with Gasteiger partial charge in [0, 0.05) is 0 Å². The Morgan fingerprint density at radius 1 is 0.966 bits per heavy atom. The van der Waals surface area contributed by atoms with Gasteiger partial charge in [0.2, 0.25) is 0 Å². The zero-order valence-electron chi connectivity index (χ0n) is 16.2. The highest BCUT2D eigenvalue weighted by Gasteiger charge is 2.18. The third kappa shape index (κ3) is 4.90. The first-order chi connectivity index (χ1) is 14.1. The molecule has 0 aliphatic carbocycles. The van der Waals surface area contributed by atoms with E-state index in [1.807, 2.05) is 60.7 Å². The van der Waals surface area contributed by atoms with Crippen LogP contribution in [0, 0.1) is 10.1 Å². The van der Waals surface area contributed by atoms with Gasteiger partial charge >= 0.3 is 0 Å². The van der Waals surface area contributed by atoms with E-state index in [1.165, 1.54) is 26.5 Å². The fourth-order valence-corrected chi connectivity index (χ4v) is 2.83. The van der Waals surface area contributed by atoms with Crippen molar-refractivity contribution in [1.82, 2.24) is 0 Å². The number of benzene rings is 3. The van der Waals surface area contributed by atoms with E-state index >= 15 is 0 Å². The summed E-state index contributed by atoms with van der Waals surface area (Å²) in [6.45, 7) is 0.516. The maximum Gasteiger partial charge on any atom is 0.282 e. The highest BCUT2D eigenvalue weighted by molar-refractivity contribution is 5.87. The molecule has 0 N–H and O–H groups in total. The Balaban J connectivity index is 1.99. The molecule has 0 aliphatic rings. The number of hydrogen-bond acceptors (Lipinski definition) is 6. The predicted molar refractivity (Wildman–Crippen MR) is 113 cm³/mol. The molecule has 0 saturated carbocycles. The normalized spacial score (nSPS) is 10.7. The highest BCUT2D eigenvalue weighted by Crippen LogP contribution is 2.33. The molecule has 0 unspecified atom stereocenters. The molecule has 0 heterocycles. The molecule has 0 fully saturated rings. The van der Waals surface area contributed by atoms with Gasteiger partial charge in [-0.1, -0.05) is 48.5 Å². The van der Waals surface area contributed by atoms with Crippen LogP contribution in [0.3, 0.4) is 0 Å². The molecule has 0 bridgehead atoms.